The molecular weight excluding hydrogens is 417 g/mol. The second kappa shape index (κ2) is 8.62. The molecule has 5 nitrogen and oxygen atoms in total. The molecule has 168 valence electrons. The molecule has 3 aromatic carbocycles. The van der Waals surface area contributed by atoms with Crippen molar-refractivity contribution in [2.75, 3.05) is 19.0 Å². The predicted molar refractivity (Wildman–Crippen MR) is 128 cm³/mol. The summed E-state index contributed by atoms with van der Waals surface area (Å²) >= 11 is 0. The van der Waals surface area contributed by atoms with E-state index in [4.69, 9.17) is 4.74 Å². The molecule has 0 bridgehead atoms. The lowest BCUT2D eigenvalue weighted by atomic mass is 9.92. The zero-order valence-electron chi connectivity index (χ0n) is 18.7. The Morgan fingerprint density at radius 3 is 2.70 bits per heavy atom. The summed E-state index contributed by atoms with van der Waals surface area (Å²) in [4.78, 5) is 18.9. The number of carbonyl (C=O) groups excluding carboxylic acids is 1. The summed E-state index contributed by atoms with van der Waals surface area (Å²) in [6, 6.07) is 19.6. The fourth-order valence-electron chi connectivity index (χ4n) is 4.74. The quantitative estimate of drug-likeness (QED) is 0.403. The summed E-state index contributed by atoms with van der Waals surface area (Å²) in [6.45, 7) is 2.61. The van der Waals surface area contributed by atoms with Crippen LogP contribution in [0.15, 0.2) is 66.7 Å². The SMILES string of the molecule is CCc1ccccc1NC(=O)N1CCc2c([nH]c3ccc(OC)cc23)[C@H]1c1ccc(F)cc1. The third-order valence-electron chi connectivity index (χ3n) is 6.42. The number of nitrogens with zero attached hydrogens (tertiary/aromatic N) is 1. The van der Waals surface area contributed by atoms with Gasteiger partial charge in [-0.05, 0) is 65.9 Å². The highest BCUT2D eigenvalue weighted by Gasteiger charge is 2.35. The number of urea groups is 1. The van der Waals surface area contributed by atoms with Gasteiger partial charge in [-0.15, -0.1) is 0 Å². The Kier molecular flexibility index (Phi) is 5.50. The summed E-state index contributed by atoms with van der Waals surface area (Å²) < 4.78 is 19.1. The van der Waals surface area contributed by atoms with E-state index in [1.165, 1.54) is 12.1 Å². The molecule has 1 aromatic heterocycles. The number of halogens is 1. The van der Waals surface area contributed by atoms with Gasteiger partial charge in [0.25, 0.3) is 0 Å². The fourth-order valence-corrected chi connectivity index (χ4v) is 4.74. The summed E-state index contributed by atoms with van der Waals surface area (Å²) in [6.07, 6.45) is 1.54. The van der Waals surface area contributed by atoms with Crippen molar-refractivity contribution in [3.05, 3.63) is 94.9 Å². The van der Waals surface area contributed by atoms with Crippen LogP contribution in [0.1, 0.15) is 35.3 Å². The Morgan fingerprint density at radius 1 is 1.15 bits per heavy atom. The highest BCUT2D eigenvalue weighted by Crippen LogP contribution is 2.39. The van der Waals surface area contributed by atoms with Crippen LogP contribution in [0.2, 0.25) is 0 Å². The van der Waals surface area contributed by atoms with Crippen LogP contribution in [0.3, 0.4) is 0 Å². The van der Waals surface area contributed by atoms with E-state index in [0.717, 1.165) is 51.1 Å². The van der Waals surface area contributed by atoms with Crippen LogP contribution in [0.5, 0.6) is 5.75 Å². The van der Waals surface area contributed by atoms with Gasteiger partial charge in [0.05, 0.1) is 13.2 Å². The lowest BCUT2D eigenvalue weighted by Gasteiger charge is -2.36. The number of benzene rings is 3. The van der Waals surface area contributed by atoms with Gasteiger partial charge in [-0.2, -0.15) is 0 Å². The van der Waals surface area contributed by atoms with Crippen LogP contribution in [0.25, 0.3) is 10.9 Å². The number of para-hydroxylation sites is 1. The van der Waals surface area contributed by atoms with E-state index in [2.05, 4.69) is 17.2 Å². The summed E-state index contributed by atoms with van der Waals surface area (Å²) in [7, 11) is 1.65. The summed E-state index contributed by atoms with van der Waals surface area (Å²) in [5.74, 6) is 0.489. The monoisotopic (exact) mass is 443 g/mol. The first-order valence-corrected chi connectivity index (χ1v) is 11.2. The van der Waals surface area contributed by atoms with Crippen LogP contribution in [-0.4, -0.2) is 29.6 Å². The molecule has 0 saturated carbocycles. The highest BCUT2D eigenvalue weighted by molar-refractivity contribution is 5.92. The molecular formula is C27H26FN3O2. The molecule has 0 aliphatic carbocycles. The Bertz CT molecular complexity index is 1310. The third kappa shape index (κ3) is 3.82. The molecule has 1 aliphatic rings. The molecule has 0 saturated heterocycles. The Labute approximate surface area is 192 Å². The topological polar surface area (TPSA) is 57.4 Å². The van der Waals surface area contributed by atoms with Crippen molar-refractivity contribution in [1.82, 2.24) is 9.88 Å². The molecule has 4 aromatic rings. The van der Waals surface area contributed by atoms with Crippen LogP contribution < -0.4 is 10.1 Å². The molecule has 2 N–H and O–H groups in total. The number of H-pyrrole nitrogens is 1. The number of methoxy groups -OCH3 is 1. The first kappa shape index (κ1) is 21.1. The standard InChI is InChI=1S/C27H26FN3O2/c1-3-17-6-4-5-7-23(17)30-27(32)31-15-14-21-22-16-20(33-2)12-13-24(22)29-25(21)26(31)18-8-10-19(28)11-9-18/h4-13,16,26,29H,3,14-15H2,1-2H3,(H,30,32)/t26-/m1/s1. The van der Waals surface area contributed by atoms with Crippen molar-refractivity contribution in [1.29, 1.82) is 0 Å². The first-order chi connectivity index (χ1) is 16.1. The minimum atomic E-state index is -0.360. The van der Waals surface area contributed by atoms with Gasteiger partial charge in [0, 0.05) is 28.8 Å². The number of hydrogen-bond donors (Lipinski definition) is 2. The molecule has 0 fully saturated rings. The number of aromatic nitrogens is 1. The second-order valence-electron chi connectivity index (χ2n) is 8.27. The number of rotatable bonds is 4. The average Bonchev–Trinajstić information content (AvgIpc) is 3.22. The smallest absolute Gasteiger partial charge is 0.322 e. The maximum Gasteiger partial charge on any atom is 0.322 e. The number of amides is 2. The molecule has 2 heterocycles. The number of fused-ring (bicyclic) bond motifs is 3. The van der Waals surface area contributed by atoms with E-state index in [1.807, 2.05) is 47.4 Å². The molecule has 1 atom stereocenters. The highest BCUT2D eigenvalue weighted by atomic mass is 19.1. The van der Waals surface area contributed by atoms with E-state index >= 15 is 0 Å². The van der Waals surface area contributed by atoms with Crippen molar-refractivity contribution in [3.63, 3.8) is 0 Å². The largest absolute Gasteiger partial charge is 0.497 e. The zero-order valence-corrected chi connectivity index (χ0v) is 18.7. The van der Waals surface area contributed by atoms with E-state index in [0.29, 0.717) is 13.0 Å². The van der Waals surface area contributed by atoms with Gasteiger partial charge in [0.15, 0.2) is 0 Å². The van der Waals surface area contributed by atoms with Crippen molar-refractivity contribution < 1.29 is 13.9 Å². The molecule has 0 spiro atoms. The summed E-state index contributed by atoms with van der Waals surface area (Å²) in [5.41, 5.74) is 5.86. The molecule has 33 heavy (non-hydrogen) atoms. The van der Waals surface area contributed by atoms with Crippen LogP contribution in [-0.2, 0) is 12.8 Å². The number of aryl methyl sites for hydroxylation is 1. The third-order valence-corrected chi connectivity index (χ3v) is 6.42. The van der Waals surface area contributed by atoms with E-state index in [-0.39, 0.29) is 17.9 Å². The average molecular weight is 444 g/mol. The molecule has 0 radical (unpaired) electrons. The number of aromatic amines is 1. The van der Waals surface area contributed by atoms with Gasteiger partial charge in [0.2, 0.25) is 0 Å². The van der Waals surface area contributed by atoms with Gasteiger partial charge >= 0.3 is 6.03 Å². The van der Waals surface area contributed by atoms with Gasteiger partial charge in [-0.1, -0.05) is 37.3 Å². The normalized spacial score (nSPS) is 15.4. The van der Waals surface area contributed by atoms with E-state index in [1.54, 1.807) is 19.2 Å². The first-order valence-electron chi connectivity index (χ1n) is 11.2. The maximum absolute atomic E-state index is 13.7. The fraction of sp³-hybridized carbons (Fsp3) is 0.222. The van der Waals surface area contributed by atoms with Gasteiger partial charge in [-0.3, -0.25) is 0 Å². The van der Waals surface area contributed by atoms with Crippen molar-refractivity contribution >= 4 is 22.6 Å². The van der Waals surface area contributed by atoms with Gasteiger partial charge in [-0.25, -0.2) is 9.18 Å². The number of carbonyl (C=O) groups is 1. The number of hydrogen-bond acceptors (Lipinski definition) is 2. The zero-order chi connectivity index (χ0) is 22.9. The van der Waals surface area contributed by atoms with Crippen molar-refractivity contribution in [2.45, 2.75) is 25.8 Å². The molecule has 2 amide bonds. The molecule has 6 heteroatoms. The number of nitrogens with one attached hydrogen (secondary N) is 2. The maximum atomic E-state index is 13.7. The lowest BCUT2D eigenvalue weighted by molar-refractivity contribution is 0.193. The minimum absolute atomic E-state index is 0.174. The second-order valence-corrected chi connectivity index (χ2v) is 8.27. The van der Waals surface area contributed by atoms with E-state index < -0.39 is 0 Å². The summed E-state index contributed by atoms with van der Waals surface area (Å²) in [5, 5.41) is 4.19. The Balaban J connectivity index is 1.58. The van der Waals surface area contributed by atoms with E-state index in [9.17, 15) is 9.18 Å². The lowest BCUT2D eigenvalue weighted by Crippen LogP contribution is -2.43. The number of anilines is 1. The van der Waals surface area contributed by atoms with Crippen molar-refractivity contribution in [3.8, 4) is 5.75 Å². The van der Waals surface area contributed by atoms with Gasteiger partial charge < -0.3 is 19.9 Å². The predicted octanol–water partition coefficient (Wildman–Crippen LogP) is 6.06. The molecule has 1 aliphatic heterocycles. The van der Waals surface area contributed by atoms with Crippen LogP contribution in [0, 0.1) is 5.82 Å². The molecule has 0 unspecified atom stereocenters. The Morgan fingerprint density at radius 2 is 1.94 bits per heavy atom. The van der Waals surface area contributed by atoms with Crippen LogP contribution in [0.4, 0.5) is 14.9 Å². The number of ether oxygens (including phenoxy) is 1. The Hall–Kier alpha value is -3.80. The van der Waals surface area contributed by atoms with Crippen molar-refractivity contribution in [2.24, 2.45) is 0 Å². The molecule has 5 rings (SSSR count). The minimum Gasteiger partial charge on any atom is -0.497 e. The van der Waals surface area contributed by atoms with Crippen LogP contribution >= 0.6 is 0 Å². The van der Waals surface area contributed by atoms with Gasteiger partial charge in [0.1, 0.15) is 11.6 Å².